The molecule has 0 spiro atoms. The van der Waals surface area contributed by atoms with E-state index in [1.165, 1.54) is 18.0 Å². The van der Waals surface area contributed by atoms with Gasteiger partial charge in [0.2, 0.25) is 0 Å². The SMILES string of the molecule is COCCn1cnnc1-c1c(F)cc(N)cc1F. The Morgan fingerprint density at radius 1 is 1.33 bits per heavy atom. The van der Waals surface area contributed by atoms with Crippen LogP contribution in [0.25, 0.3) is 11.4 Å². The van der Waals surface area contributed by atoms with E-state index in [9.17, 15) is 8.78 Å². The molecular weight excluding hydrogens is 242 g/mol. The van der Waals surface area contributed by atoms with Crippen LogP contribution in [0.3, 0.4) is 0 Å². The summed E-state index contributed by atoms with van der Waals surface area (Å²) in [5, 5.41) is 7.38. The second kappa shape index (κ2) is 5.09. The van der Waals surface area contributed by atoms with Crippen molar-refractivity contribution in [3.05, 3.63) is 30.1 Å². The molecule has 0 atom stereocenters. The van der Waals surface area contributed by atoms with Crippen molar-refractivity contribution in [2.75, 3.05) is 19.5 Å². The van der Waals surface area contributed by atoms with Crippen molar-refractivity contribution in [1.82, 2.24) is 14.8 Å². The topological polar surface area (TPSA) is 66.0 Å². The molecule has 7 heteroatoms. The predicted molar refractivity (Wildman–Crippen MR) is 61.7 cm³/mol. The van der Waals surface area contributed by atoms with Gasteiger partial charge in [0.1, 0.15) is 18.0 Å². The third kappa shape index (κ3) is 2.30. The maximum atomic E-state index is 13.7. The molecule has 0 saturated carbocycles. The Bertz CT molecular complexity index is 533. The number of aromatic nitrogens is 3. The Labute approximate surface area is 102 Å². The van der Waals surface area contributed by atoms with Crippen molar-refractivity contribution in [2.45, 2.75) is 6.54 Å². The van der Waals surface area contributed by atoms with Crippen molar-refractivity contribution in [3.63, 3.8) is 0 Å². The van der Waals surface area contributed by atoms with Crippen molar-refractivity contribution < 1.29 is 13.5 Å². The fraction of sp³-hybridized carbons (Fsp3) is 0.273. The van der Waals surface area contributed by atoms with Crippen LogP contribution in [0.15, 0.2) is 18.5 Å². The first kappa shape index (κ1) is 12.4. The van der Waals surface area contributed by atoms with E-state index in [0.29, 0.717) is 13.2 Å². The molecule has 0 aliphatic carbocycles. The summed E-state index contributed by atoms with van der Waals surface area (Å²) in [5.41, 5.74) is 5.14. The minimum atomic E-state index is -0.765. The summed E-state index contributed by atoms with van der Waals surface area (Å²) in [5.74, 6) is -1.42. The minimum absolute atomic E-state index is 0.0247. The maximum absolute atomic E-state index is 13.7. The molecule has 0 aliphatic rings. The van der Waals surface area contributed by atoms with Crippen LogP contribution in [0.1, 0.15) is 0 Å². The van der Waals surface area contributed by atoms with Gasteiger partial charge in [-0.1, -0.05) is 0 Å². The summed E-state index contributed by atoms with van der Waals surface area (Å²) >= 11 is 0. The Morgan fingerprint density at radius 3 is 2.61 bits per heavy atom. The van der Waals surface area contributed by atoms with E-state index in [2.05, 4.69) is 10.2 Å². The first-order valence-electron chi connectivity index (χ1n) is 5.25. The van der Waals surface area contributed by atoms with Crippen LogP contribution >= 0.6 is 0 Å². The highest BCUT2D eigenvalue weighted by Gasteiger charge is 2.18. The molecule has 1 aromatic carbocycles. The fourth-order valence-electron chi connectivity index (χ4n) is 1.61. The lowest BCUT2D eigenvalue weighted by atomic mass is 10.1. The highest BCUT2D eigenvalue weighted by molar-refractivity contribution is 5.60. The van der Waals surface area contributed by atoms with E-state index in [1.54, 1.807) is 0 Å². The van der Waals surface area contributed by atoms with Crippen LogP contribution in [0.5, 0.6) is 0 Å². The number of methoxy groups -OCH3 is 1. The summed E-state index contributed by atoms with van der Waals surface area (Å²) in [4.78, 5) is 0. The predicted octanol–water partition coefficient (Wildman–Crippen LogP) is 1.45. The number of anilines is 1. The molecule has 0 radical (unpaired) electrons. The van der Waals surface area contributed by atoms with Crippen LogP contribution < -0.4 is 5.73 Å². The van der Waals surface area contributed by atoms with Crippen molar-refractivity contribution in [2.24, 2.45) is 0 Å². The molecule has 2 N–H and O–H groups in total. The van der Waals surface area contributed by atoms with Crippen molar-refractivity contribution in [1.29, 1.82) is 0 Å². The lowest BCUT2D eigenvalue weighted by molar-refractivity contribution is 0.187. The number of halogens is 2. The van der Waals surface area contributed by atoms with Gasteiger partial charge in [-0.3, -0.25) is 0 Å². The Morgan fingerprint density at radius 2 is 2.00 bits per heavy atom. The molecule has 0 aliphatic heterocycles. The van der Waals surface area contributed by atoms with Gasteiger partial charge in [0.05, 0.1) is 12.2 Å². The molecule has 2 rings (SSSR count). The number of rotatable bonds is 4. The third-order valence-corrected chi connectivity index (χ3v) is 2.44. The van der Waals surface area contributed by atoms with E-state index in [4.69, 9.17) is 10.5 Å². The van der Waals surface area contributed by atoms with Crippen LogP contribution in [-0.4, -0.2) is 28.5 Å². The molecule has 0 amide bonds. The van der Waals surface area contributed by atoms with Gasteiger partial charge < -0.3 is 15.0 Å². The zero-order valence-electron chi connectivity index (χ0n) is 9.73. The summed E-state index contributed by atoms with van der Waals surface area (Å²) in [6.45, 7) is 0.797. The molecule has 2 aromatic rings. The first-order valence-corrected chi connectivity index (χ1v) is 5.25. The quantitative estimate of drug-likeness (QED) is 0.839. The number of nitrogen functional groups attached to an aromatic ring is 1. The molecule has 1 aromatic heterocycles. The monoisotopic (exact) mass is 254 g/mol. The average molecular weight is 254 g/mol. The normalized spacial score (nSPS) is 10.8. The summed E-state index contributed by atoms with van der Waals surface area (Å²) in [6, 6.07) is 2.10. The maximum Gasteiger partial charge on any atom is 0.169 e. The van der Waals surface area contributed by atoms with Gasteiger partial charge in [-0.05, 0) is 12.1 Å². The highest BCUT2D eigenvalue weighted by atomic mass is 19.1. The number of hydrogen-bond donors (Lipinski definition) is 1. The molecule has 18 heavy (non-hydrogen) atoms. The van der Waals surface area contributed by atoms with E-state index < -0.39 is 11.6 Å². The Kier molecular flexibility index (Phi) is 3.52. The molecule has 5 nitrogen and oxygen atoms in total. The van der Waals surface area contributed by atoms with Crippen LogP contribution in [0.2, 0.25) is 0 Å². The van der Waals surface area contributed by atoms with Crippen LogP contribution in [-0.2, 0) is 11.3 Å². The van der Waals surface area contributed by atoms with Crippen molar-refractivity contribution in [3.8, 4) is 11.4 Å². The zero-order chi connectivity index (χ0) is 13.1. The summed E-state index contributed by atoms with van der Waals surface area (Å²) in [6.07, 6.45) is 1.39. The van der Waals surface area contributed by atoms with E-state index >= 15 is 0 Å². The zero-order valence-corrected chi connectivity index (χ0v) is 9.73. The number of nitrogens with two attached hydrogens (primary N) is 1. The summed E-state index contributed by atoms with van der Waals surface area (Å²) in [7, 11) is 1.54. The van der Waals surface area contributed by atoms with Gasteiger partial charge in [-0.25, -0.2) is 8.78 Å². The van der Waals surface area contributed by atoms with Gasteiger partial charge in [0.25, 0.3) is 0 Å². The number of benzene rings is 1. The van der Waals surface area contributed by atoms with Gasteiger partial charge in [-0.15, -0.1) is 10.2 Å². The molecule has 96 valence electrons. The molecule has 1 heterocycles. The van der Waals surface area contributed by atoms with Gasteiger partial charge in [-0.2, -0.15) is 0 Å². The molecule has 0 fully saturated rings. The number of nitrogens with zero attached hydrogens (tertiary/aromatic N) is 3. The molecule has 0 unspecified atom stereocenters. The number of ether oxygens (including phenoxy) is 1. The van der Waals surface area contributed by atoms with Crippen LogP contribution in [0, 0.1) is 11.6 Å². The largest absolute Gasteiger partial charge is 0.399 e. The van der Waals surface area contributed by atoms with E-state index in [-0.39, 0.29) is 17.1 Å². The molecule has 0 bridgehead atoms. The van der Waals surface area contributed by atoms with Gasteiger partial charge in [0, 0.05) is 19.3 Å². The summed E-state index contributed by atoms with van der Waals surface area (Å²) < 4.78 is 33.9. The second-order valence-corrected chi connectivity index (χ2v) is 3.70. The first-order chi connectivity index (χ1) is 8.63. The Balaban J connectivity index is 2.46. The average Bonchev–Trinajstić information content (AvgIpc) is 2.73. The third-order valence-electron chi connectivity index (χ3n) is 2.44. The standard InChI is InChI=1S/C11H12F2N4O/c1-18-3-2-17-6-15-16-11(17)10-8(12)4-7(14)5-9(10)13/h4-6H,2-3,14H2,1H3. The van der Waals surface area contributed by atoms with Gasteiger partial charge >= 0.3 is 0 Å². The van der Waals surface area contributed by atoms with E-state index in [0.717, 1.165) is 12.1 Å². The van der Waals surface area contributed by atoms with E-state index in [1.807, 2.05) is 0 Å². The fourth-order valence-corrected chi connectivity index (χ4v) is 1.61. The molecular formula is C11H12F2N4O. The van der Waals surface area contributed by atoms with Crippen molar-refractivity contribution >= 4 is 5.69 Å². The van der Waals surface area contributed by atoms with Gasteiger partial charge in [0.15, 0.2) is 5.82 Å². The second-order valence-electron chi connectivity index (χ2n) is 3.70. The Hall–Kier alpha value is -2.02. The smallest absolute Gasteiger partial charge is 0.169 e. The van der Waals surface area contributed by atoms with Crippen LogP contribution in [0.4, 0.5) is 14.5 Å². The highest BCUT2D eigenvalue weighted by Crippen LogP contribution is 2.26. The number of hydrogen-bond acceptors (Lipinski definition) is 4. The minimum Gasteiger partial charge on any atom is -0.399 e. The lowest BCUT2D eigenvalue weighted by Gasteiger charge is -2.08. The molecule has 0 saturated heterocycles. The lowest BCUT2D eigenvalue weighted by Crippen LogP contribution is -2.07.